The van der Waals surface area contributed by atoms with Crippen LogP contribution in [0.3, 0.4) is 0 Å². The molecule has 10 heavy (non-hydrogen) atoms. The summed E-state index contributed by atoms with van der Waals surface area (Å²) in [4.78, 5) is 2.84. The van der Waals surface area contributed by atoms with Gasteiger partial charge in [-0.05, 0) is 12.1 Å². The van der Waals surface area contributed by atoms with Gasteiger partial charge in [-0.3, -0.25) is 0 Å². The Balaban J connectivity index is 2.67. The topological polar surface area (TPSA) is 24.4 Å². The molecule has 0 fully saturated rings. The molecule has 4 heteroatoms. The zero-order valence-corrected chi connectivity index (χ0v) is 7.41. The molecule has 2 nitrogen and oxygen atoms in total. The molecule has 0 aliphatic carbocycles. The van der Waals surface area contributed by atoms with Crippen LogP contribution >= 0.6 is 17.9 Å². The van der Waals surface area contributed by atoms with Crippen LogP contribution in [0.5, 0.6) is 0 Å². The third kappa shape index (κ3) is 2.53. The Morgan fingerprint density at radius 1 is 1.30 bits per heavy atom. The third-order valence-corrected chi connectivity index (χ3v) is 1.77. The summed E-state index contributed by atoms with van der Waals surface area (Å²) in [5.41, 5.74) is 0.999. The summed E-state index contributed by atoms with van der Waals surface area (Å²) in [7, 11) is 3.26. The fourth-order valence-corrected chi connectivity index (χ4v) is 1.06. The van der Waals surface area contributed by atoms with Gasteiger partial charge in [0.25, 0.3) is 0 Å². The summed E-state index contributed by atoms with van der Waals surface area (Å²) in [6, 6.07) is 9.85. The van der Waals surface area contributed by atoms with Crippen molar-refractivity contribution < 1.29 is 0 Å². The van der Waals surface area contributed by atoms with Crippen LogP contribution in [-0.2, 0) is 0 Å². The molecule has 0 saturated carbocycles. The van der Waals surface area contributed by atoms with E-state index in [1.54, 1.807) is 0 Å². The Kier molecular flexibility index (Phi) is 3.53. The Hall–Kier alpha value is -0.290. The molecule has 1 rings (SSSR count). The van der Waals surface area contributed by atoms with Crippen LogP contribution in [0.2, 0.25) is 0 Å². The molecular weight excluding hydrogens is 162 g/mol. The number of hydrogen-bond donors (Lipinski definition) is 1. The summed E-state index contributed by atoms with van der Waals surface area (Å²) < 4.78 is 4.16. The third-order valence-electron chi connectivity index (χ3n) is 0.979. The highest BCUT2D eigenvalue weighted by Gasteiger charge is 1.80. The second kappa shape index (κ2) is 4.51. The van der Waals surface area contributed by atoms with E-state index in [-0.39, 0.29) is 0 Å². The van der Waals surface area contributed by atoms with Gasteiger partial charge < -0.3 is 0 Å². The lowest BCUT2D eigenvalue weighted by molar-refractivity contribution is 1.55. The van der Waals surface area contributed by atoms with Gasteiger partial charge in [0.15, 0.2) is 0 Å². The van der Waals surface area contributed by atoms with Gasteiger partial charge in [-0.2, -0.15) is 0 Å². The molecule has 0 aliphatic heterocycles. The highest BCUT2D eigenvalue weighted by Crippen LogP contribution is 2.14. The van der Waals surface area contributed by atoms with E-state index in [0.29, 0.717) is 0 Å². The average Bonchev–Trinajstić information content (AvgIpc) is 2.03. The first-order chi connectivity index (χ1) is 4.93. The van der Waals surface area contributed by atoms with E-state index in [9.17, 15) is 0 Å². The monoisotopic (exact) mass is 170 g/mol. The first-order valence-electron chi connectivity index (χ1n) is 2.85. The van der Waals surface area contributed by atoms with E-state index in [1.165, 1.54) is 0 Å². The van der Waals surface area contributed by atoms with Crippen molar-refractivity contribution in [2.75, 3.05) is 0 Å². The normalized spacial score (nSPS) is 10.5. The van der Waals surface area contributed by atoms with Crippen molar-refractivity contribution in [3.63, 3.8) is 0 Å². The Bertz CT molecular complexity index is 210. The molecule has 1 atom stereocenters. The molecule has 0 radical (unpaired) electrons. The number of nitrogens with one attached hydrogen (secondary N) is 1. The average molecular weight is 170 g/mol. The molecule has 0 spiro atoms. The SMILES string of the molecule is PNP=Nc1ccccc1. The second-order valence-electron chi connectivity index (χ2n) is 1.66. The lowest BCUT2D eigenvalue weighted by Gasteiger charge is -1.87. The molecule has 0 heterocycles. The first-order valence-corrected chi connectivity index (χ1v) is 4.27. The fourth-order valence-electron chi connectivity index (χ4n) is 0.581. The van der Waals surface area contributed by atoms with Crippen LogP contribution in [0, 0.1) is 0 Å². The van der Waals surface area contributed by atoms with Gasteiger partial charge in [0.05, 0.1) is 14.2 Å². The molecule has 1 N–H and O–H groups in total. The maximum Gasteiger partial charge on any atom is 0.0995 e. The standard InChI is InChI=1S/C6H8N2P2/c9-8-10-7-6-4-2-1-3-5-6/h1-5H,9H2,(H,7,8). The maximum atomic E-state index is 4.16. The zero-order chi connectivity index (χ0) is 7.23. The van der Waals surface area contributed by atoms with Crippen LogP contribution < -0.4 is 4.86 Å². The molecular formula is C6H8N2P2. The van der Waals surface area contributed by atoms with E-state index in [2.05, 4.69) is 19.0 Å². The van der Waals surface area contributed by atoms with Crippen LogP contribution in [0.15, 0.2) is 35.1 Å². The zero-order valence-electron chi connectivity index (χ0n) is 5.36. The highest BCUT2D eigenvalue weighted by atomic mass is 31.1. The van der Waals surface area contributed by atoms with Crippen molar-refractivity contribution in [1.82, 2.24) is 4.86 Å². The largest absolute Gasteiger partial charge is 0.239 e. The molecule has 0 aliphatic rings. The van der Waals surface area contributed by atoms with Gasteiger partial charge >= 0.3 is 0 Å². The van der Waals surface area contributed by atoms with Crippen molar-refractivity contribution >= 4 is 23.6 Å². The second-order valence-corrected chi connectivity index (χ2v) is 3.10. The summed E-state index contributed by atoms with van der Waals surface area (Å²) in [6.45, 7) is 0. The summed E-state index contributed by atoms with van der Waals surface area (Å²) >= 11 is 0. The van der Waals surface area contributed by atoms with Crippen molar-refractivity contribution in [3.05, 3.63) is 30.3 Å². The van der Waals surface area contributed by atoms with Crippen LogP contribution in [0.1, 0.15) is 0 Å². The molecule has 52 valence electrons. The summed E-state index contributed by atoms with van der Waals surface area (Å²) in [5, 5.41) is 0. The Labute approximate surface area is 64.2 Å². The van der Waals surface area contributed by atoms with Crippen molar-refractivity contribution in [3.8, 4) is 0 Å². The van der Waals surface area contributed by atoms with Gasteiger partial charge in [-0.15, -0.1) is 0 Å². The quantitative estimate of drug-likeness (QED) is 0.678. The van der Waals surface area contributed by atoms with Crippen molar-refractivity contribution in [2.45, 2.75) is 0 Å². The molecule has 0 aromatic heterocycles. The Morgan fingerprint density at radius 3 is 2.60 bits per heavy atom. The van der Waals surface area contributed by atoms with Crippen LogP contribution in [0.25, 0.3) is 0 Å². The smallest absolute Gasteiger partial charge is 0.0995 e. The van der Waals surface area contributed by atoms with Crippen molar-refractivity contribution in [1.29, 1.82) is 0 Å². The Morgan fingerprint density at radius 2 is 2.00 bits per heavy atom. The van der Waals surface area contributed by atoms with E-state index in [4.69, 9.17) is 0 Å². The van der Waals surface area contributed by atoms with E-state index < -0.39 is 0 Å². The maximum absolute atomic E-state index is 4.16. The van der Waals surface area contributed by atoms with Gasteiger partial charge in [0.2, 0.25) is 0 Å². The molecule has 1 aromatic carbocycles. The molecule has 1 unspecified atom stereocenters. The lowest BCUT2D eigenvalue weighted by atomic mass is 10.3. The number of benzene rings is 1. The van der Waals surface area contributed by atoms with Crippen LogP contribution in [-0.4, -0.2) is 0 Å². The fraction of sp³-hybridized carbons (Fsp3) is 0. The lowest BCUT2D eigenvalue weighted by Crippen LogP contribution is -1.64. The van der Waals surface area contributed by atoms with Gasteiger partial charge in [-0.1, -0.05) is 27.6 Å². The number of rotatable bonds is 2. The minimum atomic E-state index is 0.865. The number of nitrogens with zero attached hydrogens (tertiary/aromatic N) is 1. The van der Waals surface area contributed by atoms with Crippen LogP contribution in [0.4, 0.5) is 5.69 Å². The summed E-state index contributed by atoms with van der Waals surface area (Å²) in [5.74, 6) is 0. The van der Waals surface area contributed by atoms with E-state index in [0.717, 1.165) is 14.2 Å². The molecule has 0 amide bonds. The minimum absolute atomic E-state index is 0.865. The van der Waals surface area contributed by atoms with Crippen molar-refractivity contribution in [2.24, 2.45) is 4.74 Å². The van der Waals surface area contributed by atoms with E-state index >= 15 is 0 Å². The van der Waals surface area contributed by atoms with Gasteiger partial charge in [0, 0.05) is 0 Å². The van der Waals surface area contributed by atoms with Gasteiger partial charge in [0.1, 0.15) is 0 Å². The summed E-state index contributed by atoms with van der Waals surface area (Å²) in [6.07, 6.45) is 0. The predicted octanol–water partition coefficient (Wildman–Crippen LogP) is 2.74. The highest BCUT2D eigenvalue weighted by molar-refractivity contribution is 7.37. The molecule has 1 aromatic rings. The van der Waals surface area contributed by atoms with E-state index in [1.807, 2.05) is 30.3 Å². The minimum Gasteiger partial charge on any atom is -0.239 e. The predicted molar refractivity (Wildman–Crippen MR) is 48.3 cm³/mol. The molecule has 0 saturated heterocycles. The number of hydrogen-bond acceptors (Lipinski definition) is 1. The first kappa shape index (κ1) is 7.81. The molecule has 0 bridgehead atoms. The van der Waals surface area contributed by atoms with Gasteiger partial charge in [-0.25, -0.2) is 9.60 Å².